The van der Waals surface area contributed by atoms with Crippen molar-refractivity contribution in [2.24, 2.45) is 15.9 Å². The van der Waals surface area contributed by atoms with Gasteiger partial charge in [-0.1, -0.05) is 30.0 Å². The lowest BCUT2D eigenvalue weighted by Crippen LogP contribution is -2.27. The molecule has 1 aromatic rings. The summed E-state index contributed by atoms with van der Waals surface area (Å²) in [6.07, 6.45) is 4.48. The van der Waals surface area contributed by atoms with Crippen LogP contribution >= 0.6 is 11.8 Å². The topological polar surface area (TPSA) is 51.0 Å². The summed E-state index contributed by atoms with van der Waals surface area (Å²) in [5, 5.41) is 0.901. The summed E-state index contributed by atoms with van der Waals surface area (Å²) in [6, 6.07) is 9.52. The molecule has 0 aromatic heterocycles. The van der Waals surface area contributed by atoms with E-state index in [1.54, 1.807) is 11.8 Å². The van der Waals surface area contributed by atoms with Gasteiger partial charge in [0.2, 0.25) is 0 Å². The van der Waals surface area contributed by atoms with Crippen molar-refractivity contribution in [2.75, 3.05) is 6.61 Å². The lowest BCUT2D eigenvalue weighted by Gasteiger charge is -2.18. The molecular formula is C17H16N2O2S. The van der Waals surface area contributed by atoms with E-state index in [-0.39, 0.29) is 18.4 Å². The van der Waals surface area contributed by atoms with E-state index in [1.807, 2.05) is 30.3 Å². The zero-order chi connectivity index (χ0) is 14.9. The number of carbonyl (C=O) groups excluding carboxylic acids is 1. The summed E-state index contributed by atoms with van der Waals surface area (Å²) in [6.45, 7) is 0.233. The summed E-state index contributed by atoms with van der Waals surface area (Å²) in [4.78, 5) is 22.5. The highest BCUT2D eigenvalue weighted by atomic mass is 32.2. The Morgan fingerprint density at radius 3 is 2.82 bits per heavy atom. The number of carbonyl (C=O) groups is 1. The first-order chi connectivity index (χ1) is 10.8. The van der Waals surface area contributed by atoms with E-state index < -0.39 is 0 Å². The molecule has 0 spiro atoms. The number of hydrogen-bond acceptors (Lipinski definition) is 4. The van der Waals surface area contributed by atoms with Crippen LogP contribution in [0.25, 0.3) is 0 Å². The van der Waals surface area contributed by atoms with Crippen molar-refractivity contribution >= 4 is 28.5 Å². The second kappa shape index (κ2) is 5.72. The minimum atomic E-state index is -0.194. The van der Waals surface area contributed by atoms with E-state index in [0.29, 0.717) is 5.84 Å². The third-order valence-corrected chi connectivity index (χ3v) is 5.37. The Balaban J connectivity index is 1.50. The monoisotopic (exact) mass is 312 g/mol. The fourth-order valence-electron chi connectivity index (χ4n) is 3.07. The first-order valence-electron chi connectivity index (χ1n) is 7.59. The molecule has 112 valence electrons. The Hall–Kier alpha value is -1.88. The molecule has 2 heterocycles. The maximum Gasteiger partial charge on any atom is 0.261 e. The molecule has 4 nitrogen and oxygen atoms in total. The summed E-state index contributed by atoms with van der Waals surface area (Å²) in [7, 11) is 0. The highest BCUT2D eigenvalue weighted by Crippen LogP contribution is 2.47. The molecule has 1 amide bonds. The van der Waals surface area contributed by atoms with Gasteiger partial charge in [-0.25, -0.2) is 4.99 Å². The molecular weight excluding hydrogens is 296 g/mol. The van der Waals surface area contributed by atoms with Crippen LogP contribution < -0.4 is 4.74 Å². The van der Waals surface area contributed by atoms with Gasteiger partial charge in [0.25, 0.3) is 5.91 Å². The predicted octanol–water partition coefficient (Wildman–Crippen LogP) is 3.59. The number of fused-ring (bicyclic) bond motifs is 2. The number of aliphatic imine (C=N–C) groups is 2. The van der Waals surface area contributed by atoms with Gasteiger partial charge in [-0.2, -0.15) is 4.99 Å². The first kappa shape index (κ1) is 13.8. The number of amides is 1. The van der Waals surface area contributed by atoms with Gasteiger partial charge in [0.1, 0.15) is 18.3 Å². The van der Waals surface area contributed by atoms with Crippen molar-refractivity contribution < 1.29 is 9.53 Å². The van der Waals surface area contributed by atoms with Crippen LogP contribution in [-0.4, -0.2) is 23.4 Å². The van der Waals surface area contributed by atoms with Gasteiger partial charge in [0.15, 0.2) is 5.84 Å². The molecule has 5 heteroatoms. The van der Waals surface area contributed by atoms with Crippen molar-refractivity contribution in [1.82, 2.24) is 0 Å². The molecule has 22 heavy (non-hydrogen) atoms. The van der Waals surface area contributed by atoms with E-state index in [9.17, 15) is 4.79 Å². The Bertz CT molecular complexity index is 707. The largest absolute Gasteiger partial charge is 0.486 e. The molecule has 0 saturated heterocycles. The molecule has 1 unspecified atom stereocenters. The molecule has 0 bridgehead atoms. The van der Waals surface area contributed by atoms with Crippen LogP contribution in [0.2, 0.25) is 0 Å². The molecule has 0 fully saturated rings. The van der Waals surface area contributed by atoms with Crippen molar-refractivity contribution in [3.05, 3.63) is 40.8 Å². The standard InChI is InChI=1S/C17H16N2O2S/c20-16-15-12-8-4-5-9-13(12)22-17(15)19-14(18-16)10-21-11-6-2-1-3-7-11/h1-3,6-7,15H,4-5,8-10H2. The predicted molar refractivity (Wildman–Crippen MR) is 88.4 cm³/mol. The molecule has 1 atom stereocenters. The number of para-hydroxylation sites is 1. The smallest absolute Gasteiger partial charge is 0.261 e. The maximum atomic E-state index is 12.4. The first-order valence-corrected chi connectivity index (χ1v) is 8.40. The number of amidine groups is 1. The zero-order valence-electron chi connectivity index (χ0n) is 12.1. The summed E-state index contributed by atoms with van der Waals surface area (Å²) >= 11 is 1.68. The molecule has 3 aliphatic rings. The van der Waals surface area contributed by atoms with Gasteiger partial charge in [0, 0.05) is 0 Å². The minimum absolute atomic E-state index is 0.0731. The van der Waals surface area contributed by atoms with E-state index in [2.05, 4.69) is 9.98 Å². The quantitative estimate of drug-likeness (QED) is 0.857. The number of rotatable bonds is 3. The van der Waals surface area contributed by atoms with Crippen LogP contribution in [0.5, 0.6) is 5.75 Å². The van der Waals surface area contributed by atoms with E-state index in [4.69, 9.17) is 4.74 Å². The van der Waals surface area contributed by atoms with E-state index in [0.717, 1.165) is 23.6 Å². The lowest BCUT2D eigenvalue weighted by molar-refractivity contribution is -0.118. The van der Waals surface area contributed by atoms with Gasteiger partial charge >= 0.3 is 0 Å². The zero-order valence-corrected chi connectivity index (χ0v) is 12.9. The van der Waals surface area contributed by atoms with Crippen molar-refractivity contribution in [3.8, 4) is 5.75 Å². The normalized spacial score (nSPS) is 23.6. The van der Waals surface area contributed by atoms with Gasteiger partial charge in [-0.05, 0) is 48.3 Å². The van der Waals surface area contributed by atoms with Crippen molar-refractivity contribution in [1.29, 1.82) is 0 Å². The number of ether oxygens (including phenoxy) is 1. The Morgan fingerprint density at radius 1 is 1.14 bits per heavy atom. The van der Waals surface area contributed by atoms with E-state index >= 15 is 0 Å². The van der Waals surface area contributed by atoms with Crippen LogP contribution in [0.1, 0.15) is 25.7 Å². The highest BCUT2D eigenvalue weighted by Gasteiger charge is 2.40. The van der Waals surface area contributed by atoms with Crippen molar-refractivity contribution in [3.63, 3.8) is 0 Å². The summed E-state index contributed by atoms with van der Waals surface area (Å²) in [5.41, 5.74) is 1.27. The van der Waals surface area contributed by atoms with Gasteiger partial charge in [-0.15, -0.1) is 0 Å². The SMILES string of the molecule is O=C1N=C(COc2ccccc2)N=C2SC3=C(CCCC3)C12. The Morgan fingerprint density at radius 2 is 1.95 bits per heavy atom. The average molecular weight is 312 g/mol. The second-order valence-electron chi connectivity index (χ2n) is 5.61. The van der Waals surface area contributed by atoms with Crippen LogP contribution in [0.3, 0.4) is 0 Å². The van der Waals surface area contributed by atoms with Crippen molar-refractivity contribution in [2.45, 2.75) is 25.7 Å². The van der Waals surface area contributed by atoms with Gasteiger partial charge in [0.05, 0.1) is 5.04 Å². The molecule has 0 saturated carbocycles. The van der Waals surface area contributed by atoms with Crippen LogP contribution in [0.4, 0.5) is 0 Å². The Kier molecular flexibility index (Phi) is 3.58. The third kappa shape index (κ3) is 2.50. The lowest BCUT2D eigenvalue weighted by atomic mass is 9.89. The molecule has 4 rings (SSSR count). The highest BCUT2D eigenvalue weighted by molar-refractivity contribution is 8.17. The Labute approximate surface area is 133 Å². The number of benzene rings is 1. The average Bonchev–Trinajstić information content (AvgIpc) is 2.92. The molecule has 2 aliphatic heterocycles. The number of thioether (sulfide) groups is 1. The molecule has 1 aromatic carbocycles. The van der Waals surface area contributed by atoms with E-state index in [1.165, 1.54) is 23.3 Å². The van der Waals surface area contributed by atoms with Crippen LogP contribution in [-0.2, 0) is 4.79 Å². The summed E-state index contributed by atoms with van der Waals surface area (Å²) in [5.74, 6) is 0.973. The van der Waals surface area contributed by atoms with Gasteiger partial charge < -0.3 is 4.74 Å². The number of nitrogens with zero attached hydrogens (tertiary/aromatic N) is 2. The summed E-state index contributed by atoms with van der Waals surface area (Å²) < 4.78 is 5.65. The fraction of sp³-hybridized carbons (Fsp3) is 0.353. The second-order valence-corrected chi connectivity index (χ2v) is 6.72. The fourth-order valence-corrected chi connectivity index (χ4v) is 4.43. The molecule has 1 aliphatic carbocycles. The van der Waals surface area contributed by atoms with Crippen LogP contribution in [0.15, 0.2) is 50.8 Å². The number of hydrogen-bond donors (Lipinski definition) is 0. The maximum absolute atomic E-state index is 12.4. The van der Waals surface area contributed by atoms with Crippen LogP contribution in [0, 0.1) is 5.92 Å². The molecule has 0 radical (unpaired) electrons. The number of allylic oxidation sites excluding steroid dienone is 1. The molecule has 0 N–H and O–H groups in total. The minimum Gasteiger partial charge on any atom is -0.486 e. The third-order valence-electron chi connectivity index (χ3n) is 4.12. The van der Waals surface area contributed by atoms with Gasteiger partial charge in [-0.3, -0.25) is 4.79 Å².